The van der Waals surface area contributed by atoms with E-state index in [0.717, 1.165) is 10.7 Å². The summed E-state index contributed by atoms with van der Waals surface area (Å²) in [5.41, 5.74) is 2.13. The van der Waals surface area contributed by atoms with Crippen molar-refractivity contribution in [2.75, 3.05) is 17.7 Å². The van der Waals surface area contributed by atoms with Crippen LogP contribution in [0.5, 0.6) is 0 Å². The smallest absolute Gasteiger partial charge is 0.341 e. The van der Waals surface area contributed by atoms with Gasteiger partial charge >= 0.3 is 5.97 Å². The van der Waals surface area contributed by atoms with Crippen LogP contribution in [0, 0.1) is 13.8 Å². The number of hydrogen-bond donors (Lipinski definition) is 1. The van der Waals surface area contributed by atoms with Crippen LogP contribution in [0.2, 0.25) is 0 Å². The van der Waals surface area contributed by atoms with Gasteiger partial charge < -0.3 is 14.5 Å². The Kier molecular flexibility index (Phi) is 6.59. The van der Waals surface area contributed by atoms with Gasteiger partial charge in [0.1, 0.15) is 22.1 Å². The fourth-order valence-electron chi connectivity index (χ4n) is 2.56. The number of hydrogen-bond acceptors (Lipinski definition) is 6. The van der Waals surface area contributed by atoms with Crippen molar-refractivity contribution >= 4 is 40.0 Å². The molecular formula is C21H21NO4S2. The zero-order valence-electron chi connectivity index (χ0n) is 15.9. The van der Waals surface area contributed by atoms with E-state index in [9.17, 15) is 9.59 Å². The summed E-state index contributed by atoms with van der Waals surface area (Å²) >= 11 is 2.73. The summed E-state index contributed by atoms with van der Waals surface area (Å²) in [5, 5.41) is 5.11. The van der Waals surface area contributed by atoms with E-state index in [1.54, 1.807) is 18.4 Å². The largest absolute Gasteiger partial charge is 0.462 e. The molecule has 7 heteroatoms. The highest BCUT2D eigenvalue weighted by Crippen LogP contribution is 2.37. The van der Waals surface area contributed by atoms with Crippen LogP contribution in [0.25, 0.3) is 11.3 Å². The Bertz CT molecular complexity index is 973. The van der Waals surface area contributed by atoms with Gasteiger partial charge in [-0.2, -0.15) is 0 Å². The minimum atomic E-state index is -0.478. The van der Waals surface area contributed by atoms with Gasteiger partial charge in [0, 0.05) is 15.8 Å². The molecule has 0 radical (unpaired) electrons. The van der Waals surface area contributed by atoms with E-state index in [0.29, 0.717) is 21.9 Å². The van der Waals surface area contributed by atoms with Gasteiger partial charge in [0.15, 0.2) is 0 Å². The number of esters is 1. The van der Waals surface area contributed by atoms with Gasteiger partial charge in [-0.3, -0.25) is 4.79 Å². The first-order valence-corrected chi connectivity index (χ1v) is 10.7. The lowest BCUT2D eigenvalue weighted by molar-refractivity contribution is -0.113. The Labute approximate surface area is 172 Å². The summed E-state index contributed by atoms with van der Waals surface area (Å²) in [4.78, 5) is 26.0. The lowest BCUT2D eigenvalue weighted by atomic mass is 10.1. The molecular weight excluding hydrogens is 394 g/mol. The second-order valence-corrected chi connectivity index (χ2v) is 8.06. The number of carbonyl (C=O) groups excluding carboxylic acids is 2. The van der Waals surface area contributed by atoms with E-state index in [1.165, 1.54) is 28.7 Å². The molecule has 2 heterocycles. The van der Waals surface area contributed by atoms with Crippen LogP contribution in [-0.2, 0) is 9.53 Å². The van der Waals surface area contributed by atoms with Crippen molar-refractivity contribution in [2.24, 2.45) is 0 Å². The van der Waals surface area contributed by atoms with E-state index in [4.69, 9.17) is 9.15 Å². The summed E-state index contributed by atoms with van der Waals surface area (Å²) in [7, 11) is 0. The fourth-order valence-corrected chi connectivity index (χ4v) is 4.21. The number of benzene rings is 1. The highest BCUT2D eigenvalue weighted by molar-refractivity contribution is 8.00. The van der Waals surface area contributed by atoms with Crippen LogP contribution >= 0.6 is 23.1 Å². The van der Waals surface area contributed by atoms with E-state index in [-0.39, 0.29) is 18.3 Å². The molecule has 146 valence electrons. The molecule has 3 aromatic rings. The average molecular weight is 416 g/mol. The van der Waals surface area contributed by atoms with Crippen molar-refractivity contribution in [2.45, 2.75) is 25.7 Å². The molecule has 0 saturated carbocycles. The monoisotopic (exact) mass is 415 g/mol. The number of nitrogens with one attached hydrogen (secondary N) is 1. The standard InChI is InChI=1S/C21H21NO4S2/c1-4-25-21(24)19-16(17-10-7-14(3)26-17)11-28-20(19)22-18(23)12-27-15-8-5-13(2)6-9-15/h5-11H,4,12H2,1-3H3,(H,22,23). The Balaban J connectivity index is 1.76. The minimum Gasteiger partial charge on any atom is -0.462 e. The number of aryl methyl sites for hydroxylation is 2. The van der Waals surface area contributed by atoms with Crippen LogP contribution in [0.3, 0.4) is 0 Å². The number of thioether (sulfide) groups is 1. The predicted octanol–water partition coefficient (Wildman–Crippen LogP) is 5.53. The summed E-state index contributed by atoms with van der Waals surface area (Å²) in [5.74, 6) is 0.912. The Morgan fingerprint density at radius 2 is 1.89 bits per heavy atom. The molecule has 0 spiro atoms. The molecule has 0 atom stereocenters. The molecule has 2 aromatic heterocycles. The molecule has 0 aliphatic heterocycles. The third kappa shape index (κ3) is 4.85. The van der Waals surface area contributed by atoms with Gasteiger partial charge in [-0.25, -0.2) is 4.79 Å². The summed E-state index contributed by atoms with van der Waals surface area (Å²) < 4.78 is 10.8. The van der Waals surface area contributed by atoms with E-state index < -0.39 is 5.97 Å². The molecule has 0 unspecified atom stereocenters. The topological polar surface area (TPSA) is 68.5 Å². The van der Waals surface area contributed by atoms with E-state index in [2.05, 4.69) is 5.32 Å². The van der Waals surface area contributed by atoms with Gasteiger partial charge in [-0.1, -0.05) is 17.7 Å². The first-order valence-electron chi connectivity index (χ1n) is 8.82. The zero-order chi connectivity index (χ0) is 20.1. The highest BCUT2D eigenvalue weighted by Gasteiger charge is 2.24. The van der Waals surface area contributed by atoms with Crippen molar-refractivity contribution in [3.63, 3.8) is 0 Å². The third-order valence-electron chi connectivity index (χ3n) is 3.92. The molecule has 0 bridgehead atoms. The van der Waals surface area contributed by atoms with E-state index >= 15 is 0 Å². The molecule has 1 N–H and O–H groups in total. The van der Waals surface area contributed by atoms with Gasteiger partial charge in [-0.05, 0) is 45.0 Å². The quantitative estimate of drug-likeness (QED) is 0.406. The Morgan fingerprint density at radius 3 is 2.54 bits per heavy atom. The first kappa shape index (κ1) is 20.2. The lowest BCUT2D eigenvalue weighted by Crippen LogP contribution is -2.16. The van der Waals surface area contributed by atoms with Gasteiger partial charge in [0.25, 0.3) is 0 Å². The second-order valence-electron chi connectivity index (χ2n) is 6.13. The first-order chi connectivity index (χ1) is 13.5. The average Bonchev–Trinajstić information content (AvgIpc) is 3.27. The number of anilines is 1. The van der Waals surface area contributed by atoms with E-state index in [1.807, 2.05) is 44.2 Å². The molecule has 3 rings (SSSR count). The molecule has 0 aliphatic rings. The van der Waals surface area contributed by atoms with Gasteiger partial charge in [-0.15, -0.1) is 23.1 Å². The van der Waals surface area contributed by atoms with Crippen LogP contribution in [0.15, 0.2) is 51.1 Å². The number of thiophene rings is 1. The van der Waals surface area contributed by atoms with Crippen LogP contribution in [-0.4, -0.2) is 24.2 Å². The lowest BCUT2D eigenvalue weighted by Gasteiger charge is -2.08. The van der Waals surface area contributed by atoms with Crippen LogP contribution in [0.1, 0.15) is 28.6 Å². The van der Waals surface area contributed by atoms with Gasteiger partial charge in [0.2, 0.25) is 5.91 Å². The summed E-state index contributed by atoms with van der Waals surface area (Å²) in [6.07, 6.45) is 0. The van der Waals surface area contributed by atoms with Crippen molar-refractivity contribution in [3.8, 4) is 11.3 Å². The number of rotatable bonds is 7. The maximum atomic E-state index is 12.5. The molecule has 0 saturated heterocycles. The SMILES string of the molecule is CCOC(=O)c1c(-c2ccc(C)o2)csc1NC(=O)CSc1ccc(C)cc1. The number of carbonyl (C=O) groups is 2. The predicted molar refractivity (Wildman–Crippen MR) is 113 cm³/mol. The highest BCUT2D eigenvalue weighted by atomic mass is 32.2. The normalized spacial score (nSPS) is 10.7. The zero-order valence-corrected chi connectivity index (χ0v) is 17.5. The molecule has 0 aliphatic carbocycles. The fraction of sp³-hybridized carbons (Fsp3) is 0.238. The van der Waals surface area contributed by atoms with Crippen LogP contribution in [0.4, 0.5) is 5.00 Å². The maximum absolute atomic E-state index is 12.5. The Morgan fingerprint density at radius 1 is 1.14 bits per heavy atom. The van der Waals surface area contributed by atoms with Crippen molar-refractivity contribution < 1.29 is 18.7 Å². The van der Waals surface area contributed by atoms with Crippen molar-refractivity contribution in [1.82, 2.24) is 0 Å². The number of ether oxygens (including phenoxy) is 1. The summed E-state index contributed by atoms with van der Waals surface area (Å²) in [6, 6.07) is 11.6. The van der Waals surface area contributed by atoms with Crippen LogP contribution < -0.4 is 5.32 Å². The third-order valence-corrected chi connectivity index (χ3v) is 5.83. The maximum Gasteiger partial charge on any atom is 0.341 e. The minimum absolute atomic E-state index is 0.180. The molecule has 5 nitrogen and oxygen atoms in total. The van der Waals surface area contributed by atoms with Crippen molar-refractivity contribution in [1.29, 1.82) is 0 Å². The number of amides is 1. The van der Waals surface area contributed by atoms with Crippen molar-refractivity contribution in [3.05, 3.63) is 58.7 Å². The molecule has 1 aromatic carbocycles. The Hall–Kier alpha value is -2.51. The second kappa shape index (κ2) is 9.12. The molecule has 1 amide bonds. The molecule has 0 fully saturated rings. The van der Waals surface area contributed by atoms with Gasteiger partial charge in [0.05, 0.1) is 12.4 Å². The summed E-state index contributed by atoms with van der Waals surface area (Å²) in [6.45, 7) is 5.86. The number of furan rings is 1. The molecule has 28 heavy (non-hydrogen) atoms.